The number of urea groups is 1. The molecular weight excluding hydrogens is 266 g/mol. The van der Waals surface area contributed by atoms with Gasteiger partial charge in [0.2, 0.25) is 0 Å². The molecule has 7 nitrogen and oxygen atoms in total. The number of thiazole rings is 1. The number of amides is 3. The highest BCUT2D eigenvalue weighted by Crippen LogP contribution is 2.35. The number of carbonyl (C=O) groups is 2. The molecular formula is C11H15N5O2S. The van der Waals surface area contributed by atoms with Crippen molar-refractivity contribution in [1.82, 2.24) is 15.2 Å². The number of carbonyl (C=O) groups excluding carboxylic acids is 2. The average molecular weight is 281 g/mol. The van der Waals surface area contributed by atoms with E-state index in [1.165, 1.54) is 16.2 Å². The van der Waals surface area contributed by atoms with E-state index in [-0.39, 0.29) is 18.5 Å². The number of hydrazine groups is 1. The first kappa shape index (κ1) is 12.4. The molecule has 2 heterocycles. The summed E-state index contributed by atoms with van der Waals surface area (Å²) in [5, 5.41) is 3.42. The summed E-state index contributed by atoms with van der Waals surface area (Å²) in [6, 6.07) is -0.303. The fraction of sp³-hybridized carbons (Fsp3) is 0.545. The van der Waals surface area contributed by atoms with Crippen LogP contribution in [-0.4, -0.2) is 27.4 Å². The fourth-order valence-electron chi connectivity index (χ4n) is 2.74. The van der Waals surface area contributed by atoms with Gasteiger partial charge in [-0.1, -0.05) is 24.2 Å². The van der Waals surface area contributed by atoms with Crippen LogP contribution in [0, 0.1) is 0 Å². The van der Waals surface area contributed by atoms with E-state index < -0.39 is 5.54 Å². The Morgan fingerprint density at radius 3 is 2.84 bits per heavy atom. The second-order valence-corrected chi connectivity index (χ2v) is 6.00. The summed E-state index contributed by atoms with van der Waals surface area (Å²) >= 11 is 1.33. The van der Waals surface area contributed by atoms with Gasteiger partial charge in [0, 0.05) is 11.1 Å². The van der Waals surface area contributed by atoms with Gasteiger partial charge in [0.05, 0.1) is 6.54 Å². The van der Waals surface area contributed by atoms with Crippen LogP contribution in [0.4, 0.5) is 9.93 Å². The summed E-state index contributed by atoms with van der Waals surface area (Å²) in [6.07, 6.45) is 5.09. The molecule has 102 valence electrons. The zero-order valence-electron chi connectivity index (χ0n) is 10.3. The molecule has 0 unspecified atom stereocenters. The van der Waals surface area contributed by atoms with Gasteiger partial charge >= 0.3 is 6.03 Å². The van der Waals surface area contributed by atoms with Crippen molar-refractivity contribution in [2.24, 2.45) is 5.84 Å². The van der Waals surface area contributed by atoms with Gasteiger partial charge in [-0.3, -0.25) is 15.1 Å². The molecule has 1 aromatic heterocycles. The van der Waals surface area contributed by atoms with Gasteiger partial charge in [-0.25, -0.2) is 15.6 Å². The van der Waals surface area contributed by atoms with Crippen LogP contribution < -0.4 is 16.6 Å². The van der Waals surface area contributed by atoms with E-state index in [0.29, 0.717) is 5.13 Å². The van der Waals surface area contributed by atoms with Crippen molar-refractivity contribution in [3.63, 3.8) is 0 Å². The maximum Gasteiger partial charge on any atom is 0.325 e. The topological polar surface area (TPSA) is 100 Å². The summed E-state index contributed by atoms with van der Waals surface area (Å²) in [7, 11) is 0. The largest absolute Gasteiger partial charge is 0.325 e. The van der Waals surface area contributed by atoms with Crippen molar-refractivity contribution in [2.45, 2.75) is 37.8 Å². The number of anilines is 1. The predicted molar refractivity (Wildman–Crippen MR) is 70.2 cm³/mol. The molecule has 1 saturated carbocycles. The molecule has 0 radical (unpaired) electrons. The zero-order chi connectivity index (χ0) is 13.5. The number of nitrogens with two attached hydrogens (primary N) is 1. The van der Waals surface area contributed by atoms with Crippen molar-refractivity contribution in [1.29, 1.82) is 0 Å². The number of imide groups is 1. The lowest BCUT2D eigenvalue weighted by Crippen LogP contribution is -2.44. The van der Waals surface area contributed by atoms with Crippen LogP contribution in [0.1, 0.15) is 30.6 Å². The lowest BCUT2D eigenvalue weighted by molar-refractivity contribution is -0.131. The SMILES string of the molecule is NNc1ncc(CN2C(=O)NC3(CCCC3)C2=O)s1. The van der Waals surface area contributed by atoms with Gasteiger partial charge in [0.1, 0.15) is 5.54 Å². The summed E-state index contributed by atoms with van der Waals surface area (Å²) < 4.78 is 0. The minimum Gasteiger partial charge on any atom is -0.323 e. The minimum absolute atomic E-state index is 0.106. The van der Waals surface area contributed by atoms with Crippen LogP contribution in [0.3, 0.4) is 0 Å². The summed E-state index contributed by atoms with van der Waals surface area (Å²) in [6.45, 7) is 0.256. The molecule has 19 heavy (non-hydrogen) atoms. The minimum atomic E-state index is -0.642. The highest BCUT2D eigenvalue weighted by atomic mass is 32.1. The van der Waals surface area contributed by atoms with Gasteiger partial charge in [0.25, 0.3) is 5.91 Å². The van der Waals surface area contributed by atoms with Crippen molar-refractivity contribution in [3.8, 4) is 0 Å². The van der Waals surface area contributed by atoms with Gasteiger partial charge in [-0.2, -0.15) is 0 Å². The van der Waals surface area contributed by atoms with E-state index in [2.05, 4.69) is 15.7 Å². The smallest absolute Gasteiger partial charge is 0.323 e. The summed E-state index contributed by atoms with van der Waals surface area (Å²) in [4.78, 5) is 30.5. The van der Waals surface area contributed by atoms with E-state index >= 15 is 0 Å². The van der Waals surface area contributed by atoms with Crippen molar-refractivity contribution in [3.05, 3.63) is 11.1 Å². The standard InChI is InChI=1S/C11H15N5O2S/c12-15-9-13-5-7(19-9)6-16-8(17)11(14-10(16)18)3-1-2-4-11/h5H,1-4,6,12H2,(H,13,15)(H,14,18). The number of hydrogen-bond acceptors (Lipinski definition) is 6. The van der Waals surface area contributed by atoms with Crippen LogP contribution >= 0.6 is 11.3 Å². The normalized spacial score (nSPS) is 21.2. The van der Waals surface area contributed by atoms with E-state index in [4.69, 9.17) is 5.84 Å². The maximum absolute atomic E-state index is 12.4. The molecule has 2 aliphatic rings. The Morgan fingerprint density at radius 1 is 1.47 bits per heavy atom. The van der Waals surface area contributed by atoms with Crippen LogP contribution in [0.2, 0.25) is 0 Å². The lowest BCUT2D eigenvalue weighted by atomic mass is 9.98. The van der Waals surface area contributed by atoms with E-state index in [0.717, 1.165) is 30.6 Å². The fourth-order valence-corrected chi connectivity index (χ4v) is 3.45. The van der Waals surface area contributed by atoms with Gasteiger partial charge in [-0.15, -0.1) is 0 Å². The lowest BCUT2D eigenvalue weighted by Gasteiger charge is -2.19. The maximum atomic E-state index is 12.4. The second-order valence-electron chi connectivity index (χ2n) is 4.89. The third kappa shape index (κ3) is 1.96. The molecule has 1 saturated heterocycles. The number of nitrogen functional groups attached to an aromatic ring is 1. The molecule has 1 spiro atoms. The third-order valence-electron chi connectivity index (χ3n) is 3.69. The zero-order valence-corrected chi connectivity index (χ0v) is 11.1. The summed E-state index contributed by atoms with van der Waals surface area (Å²) in [5.74, 6) is 5.15. The molecule has 1 aromatic rings. The number of aromatic nitrogens is 1. The average Bonchev–Trinajstić information content (AvgIpc) is 3.08. The molecule has 1 aliphatic carbocycles. The molecule has 0 aromatic carbocycles. The van der Waals surface area contributed by atoms with Crippen LogP contribution in [0.15, 0.2) is 6.20 Å². The van der Waals surface area contributed by atoms with E-state index in [1.54, 1.807) is 6.20 Å². The van der Waals surface area contributed by atoms with E-state index in [1.807, 2.05) is 0 Å². The third-order valence-corrected chi connectivity index (χ3v) is 4.61. The summed E-state index contributed by atoms with van der Waals surface area (Å²) in [5.41, 5.74) is 1.80. The molecule has 3 rings (SSSR count). The predicted octanol–water partition coefficient (Wildman–Crippen LogP) is 0.793. The Kier molecular flexibility index (Phi) is 2.90. The Morgan fingerprint density at radius 2 is 2.21 bits per heavy atom. The molecule has 1 aliphatic heterocycles. The Labute approximate surface area is 114 Å². The van der Waals surface area contributed by atoms with Gasteiger partial charge < -0.3 is 5.32 Å². The first-order chi connectivity index (χ1) is 9.14. The molecule has 0 atom stereocenters. The van der Waals surface area contributed by atoms with Crippen molar-refractivity contribution < 1.29 is 9.59 Å². The van der Waals surface area contributed by atoms with Crippen LogP contribution in [0.25, 0.3) is 0 Å². The number of nitrogens with one attached hydrogen (secondary N) is 2. The molecule has 3 amide bonds. The second kappa shape index (κ2) is 4.46. The number of hydrogen-bond donors (Lipinski definition) is 3. The Hall–Kier alpha value is -1.67. The quantitative estimate of drug-likeness (QED) is 0.432. The number of rotatable bonds is 3. The first-order valence-corrected chi connectivity index (χ1v) is 7.02. The monoisotopic (exact) mass is 281 g/mol. The van der Waals surface area contributed by atoms with Crippen LogP contribution in [0.5, 0.6) is 0 Å². The van der Waals surface area contributed by atoms with Gasteiger partial charge in [0.15, 0.2) is 5.13 Å². The molecule has 0 bridgehead atoms. The molecule has 4 N–H and O–H groups in total. The van der Waals surface area contributed by atoms with Crippen molar-refractivity contribution in [2.75, 3.05) is 5.43 Å². The van der Waals surface area contributed by atoms with Gasteiger partial charge in [-0.05, 0) is 12.8 Å². The van der Waals surface area contributed by atoms with Crippen LogP contribution in [-0.2, 0) is 11.3 Å². The molecule has 8 heteroatoms. The van der Waals surface area contributed by atoms with Crippen molar-refractivity contribution >= 4 is 28.4 Å². The number of nitrogens with zero attached hydrogens (tertiary/aromatic N) is 2. The Bertz CT molecular complexity index is 523. The highest BCUT2D eigenvalue weighted by Gasteiger charge is 2.52. The highest BCUT2D eigenvalue weighted by molar-refractivity contribution is 7.15. The first-order valence-electron chi connectivity index (χ1n) is 6.20. The molecule has 2 fully saturated rings. The Balaban J connectivity index is 1.77. The van der Waals surface area contributed by atoms with E-state index in [9.17, 15) is 9.59 Å².